The Morgan fingerprint density at radius 3 is 2.37 bits per heavy atom. The topological polar surface area (TPSA) is 59.6 Å². The summed E-state index contributed by atoms with van der Waals surface area (Å²) in [6, 6.07) is 7.26. The van der Waals surface area contributed by atoms with Gasteiger partial charge in [-0.3, -0.25) is 4.79 Å². The lowest BCUT2D eigenvalue weighted by Crippen LogP contribution is -2.47. The quantitative estimate of drug-likeness (QED) is 0.737. The van der Waals surface area contributed by atoms with Crippen molar-refractivity contribution in [1.29, 1.82) is 0 Å². The summed E-state index contributed by atoms with van der Waals surface area (Å²) >= 11 is 0. The second-order valence-electron chi connectivity index (χ2n) is 4.69. The molecule has 106 valence electrons. The minimum atomic E-state index is -0.604. The van der Waals surface area contributed by atoms with Gasteiger partial charge in [-0.05, 0) is 45.2 Å². The Kier molecular flexibility index (Phi) is 5.79. The van der Waals surface area contributed by atoms with Crippen molar-refractivity contribution in [2.45, 2.75) is 19.4 Å². The van der Waals surface area contributed by atoms with E-state index in [-0.39, 0.29) is 5.91 Å². The number of nitrogens with one attached hydrogen (secondary N) is 2. The molecule has 1 rings (SSSR count). The van der Waals surface area contributed by atoms with Gasteiger partial charge in [0.2, 0.25) is 5.91 Å². The van der Waals surface area contributed by atoms with Gasteiger partial charge in [0.1, 0.15) is 12.4 Å². The highest BCUT2D eigenvalue weighted by atomic mass is 16.5. The van der Waals surface area contributed by atoms with E-state index in [0.29, 0.717) is 13.2 Å². The summed E-state index contributed by atoms with van der Waals surface area (Å²) in [5.74, 6) is 0.672. The summed E-state index contributed by atoms with van der Waals surface area (Å²) in [6.45, 7) is 4.71. The Labute approximate surface area is 114 Å². The Balaban J connectivity index is 2.55. The van der Waals surface area contributed by atoms with Gasteiger partial charge in [0, 0.05) is 12.8 Å². The zero-order valence-corrected chi connectivity index (χ0v) is 11.9. The summed E-state index contributed by atoms with van der Waals surface area (Å²) in [6.07, 6.45) is 0. The molecule has 0 unspecified atom stereocenters. The van der Waals surface area contributed by atoms with Crippen molar-refractivity contribution in [1.82, 2.24) is 5.32 Å². The van der Waals surface area contributed by atoms with Crippen LogP contribution in [0.15, 0.2) is 24.3 Å². The maximum atomic E-state index is 11.9. The molecule has 1 aromatic rings. The summed E-state index contributed by atoms with van der Waals surface area (Å²) in [5.41, 5.74) is 0.139. The molecule has 0 radical (unpaired) electrons. The summed E-state index contributed by atoms with van der Waals surface area (Å²) in [4.78, 5) is 11.9. The Hall–Kier alpha value is -1.59. The number of carbonyl (C=O) groups excluding carboxylic acids is 1. The van der Waals surface area contributed by atoms with Gasteiger partial charge in [0.15, 0.2) is 0 Å². The van der Waals surface area contributed by atoms with Crippen LogP contribution >= 0.6 is 0 Å². The number of hydrogen-bond acceptors (Lipinski definition) is 4. The molecule has 2 N–H and O–H groups in total. The normalized spacial score (nSPS) is 11.2. The highest BCUT2D eigenvalue weighted by Crippen LogP contribution is 2.16. The highest BCUT2D eigenvalue weighted by molar-refractivity contribution is 5.97. The van der Waals surface area contributed by atoms with Crippen molar-refractivity contribution in [3.8, 4) is 5.75 Å². The van der Waals surface area contributed by atoms with Gasteiger partial charge in [0.25, 0.3) is 0 Å². The fourth-order valence-electron chi connectivity index (χ4n) is 1.28. The molecule has 1 aromatic carbocycles. The van der Waals surface area contributed by atoms with Crippen molar-refractivity contribution in [3.05, 3.63) is 24.3 Å². The molecule has 5 nitrogen and oxygen atoms in total. The summed E-state index contributed by atoms with van der Waals surface area (Å²) < 4.78 is 10.3. The lowest BCUT2D eigenvalue weighted by atomic mass is 10.1. The smallest absolute Gasteiger partial charge is 0.244 e. The van der Waals surface area contributed by atoms with Crippen LogP contribution in [0.1, 0.15) is 13.8 Å². The fourth-order valence-corrected chi connectivity index (χ4v) is 1.28. The Bertz CT molecular complexity index is 402. The van der Waals surface area contributed by atoms with Crippen LogP contribution in [-0.4, -0.2) is 38.8 Å². The van der Waals surface area contributed by atoms with Crippen molar-refractivity contribution < 1.29 is 14.3 Å². The van der Waals surface area contributed by atoms with Crippen molar-refractivity contribution >= 4 is 11.6 Å². The number of ether oxygens (including phenoxy) is 2. The average molecular weight is 266 g/mol. The molecular formula is C14H22N2O3. The fraction of sp³-hybridized carbons (Fsp3) is 0.500. The Morgan fingerprint density at radius 1 is 1.21 bits per heavy atom. The lowest BCUT2D eigenvalue weighted by Gasteiger charge is -2.22. The zero-order valence-electron chi connectivity index (χ0n) is 11.9. The van der Waals surface area contributed by atoms with Crippen LogP contribution in [0.4, 0.5) is 5.69 Å². The second kappa shape index (κ2) is 7.11. The molecule has 5 heteroatoms. The number of rotatable bonds is 7. The average Bonchev–Trinajstić information content (AvgIpc) is 2.41. The first-order chi connectivity index (χ1) is 8.99. The van der Waals surface area contributed by atoms with Crippen LogP contribution in [0, 0.1) is 0 Å². The number of hydrogen-bond donors (Lipinski definition) is 2. The predicted molar refractivity (Wildman–Crippen MR) is 75.6 cm³/mol. The van der Waals surface area contributed by atoms with Crippen LogP contribution in [0.25, 0.3) is 0 Å². The van der Waals surface area contributed by atoms with Gasteiger partial charge in [-0.25, -0.2) is 0 Å². The number of benzene rings is 1. The van der Waals surface area contributed by atoms with E-state index in [0.717, 1.165) is 11.4 Å². The molecule has 0 saturated heterocycles. The van der Waals surface area contributed by atoms with Crippen LogP contribution in [-0.2, 0) is 9.53 Å². The molecule has 0 aromatic heterocycles. The van der Waals surface area contributed by atoms with Gasteiger partial charge in [-0.2, -0.15) is 0 Å². The molecular weight excluding hydrogens is 244 g/mol. The molecule has 0 fully saturated rings. The molecule has 0 aliphatic rings. The van der Waals surface area contributed by atoms with E-state index in [9.17, 15) is 4.79 Å². The lowest BCUT2D eigenvalue weighted by molar-refractivity contribution is -0.121. The molecule has 0 atom stereocenters. The summed E-state index contributed by atoms with van der Waals surface area (Å²) in [5, 5.41) is 5.80. The zero-order chi connectivity index (χ0) is 14.3. The molecule has 0 aliphatic carbocycles. The van der Waals surface area contributed by atoms with Crippen LogP contribution in [0.2, 0.25) is 0 Å². The van der Waals surface area contributed by atoms with Crippen molar-refractivity contribution in [3.63, 3.8) is 0 Å². The molecule has 0 saturated carbocycles. The minimum absolute atomic E-state index is 0.0805. The third-order valence-electron chi connectivity index (χ3n) is 2.86. The summed E-state index contributed by atoms with van der Waals surface area (Å²) in [7, 11) is 3.39. The maximum Gasteiger partial charge on any atom is 0.244 e. The van der Waals surface area contributed by atoms with Crippen LogP contribution < -0.4 is 15.4 Å². The third kappa shape index (κ3) is 4.89. The monoisotopic (exact) mass is 266 g/mol. The molecule has 0 bridgehead atoms. The molecule has 1 amide bonds. The Morgan fingerprint density at radius 2 is 1.84 bits per heavy atom. The molecule has 0 spiro atoms. The number of carbonyl (C=O) groups is 1. The van der Waals surface area contributed by atoms with Gasteiger partial charge in [-0.1, -0.05) is 0 Å². The first kappa shape index (κ1) is 15.5. The van der Waals surface area contributed by atoms with E-state index < -0.39 is 5.54 Å². The van der Waals surface area contributed by atoms with E-state index in [1.54, 1.807) is 14.2 Å². The maximum absolute atomic E-state index is 11.9. The van der Waals surface area contributed by atoms with E-state index in [1.807, 2.05) is 38.1 Å². The number of amides is 1. The first-order valence-electron chi connectivity index (χ1n) is 6.22. The third-order valence-corrected chi connectivity index (χ3v) is 2.86. The predicted octanol–water partition coefficient (Wildman–Crippen LogP) is 1.65. The SMILES string of the molecule is CNC(C)(C)C(=O)Nc1ccc(OCCOC)cc1. The van der Waals surface area contributed by atoms with E-state index in [1.165, 1.54) is 0 Å². The van der Waals surface area contributed by atoms with E-state index >= 15 is 0 Å². The largest absolute Gasteiger partial charge is 0.491 e. The highest BCUT2D eigenvalue weighted by Gasteiger charge is 2.24. The van der Waals surface area contributed by atoms with Gasteiger partial charge in [-0.15, -0.1) is 0 Å². The minimum Gasteiger partial charge on any atom is -0.491 e. The van der Waals surface area contributed by atoms with Crippen molar-refractivity contribution in [2.24, 2.45) is 0 Å². The number of methoxy groups -OCH3 is 1. The van der Waals surface area contributed by atoms with Crippen LogP contribution in [0.3, 0.4) is 0 Å². The van der Waals surface area contributed by atoms with Crippen molar-refractivity contribution in [2.75, 3.05) is 32.7 Å². The number of anilines is 1. The standard InChI is InChI=1S/C14H22N2O3/c1-14(2,15-3)13(17)16-11-5-7-12(8-6-11)19-10-9-18-4/h5-8,15H,9-10H2,1-4H3,(H,16,17). The molecule has 0 aliphatic heterocycles. The molecule has 19 heavy (non-hydrogen) atoms. The van der Waals surface area contributed by atoms with E-state index in [4.69, 9.17) is 9.47 Å². The number of likely N-dealkylation sites (N-methyl/N-ethyl adjacent to an activating group) is 1. The van der Waals surface area contributed by atoms with Crippen LogP contribution in [0.5, 0.6) is 5.75 Å². The van der Waals surface area contributed by atoms with E-state index in [2.05, 4.69) is 10.6 Å². The van der Waals surface area contributed by atoms with Gasteiger partial charge < -0.3 is 20.1 Å². The van der Waals surface area contributed by atoms with Gasteiger partial charge >= 0.3 is 0 Å². The molecule has 0 heterocycles. The second-order valence-corrected chi connectivity index (χ2v) is 4.69. The first-order valence-corrected chi connectivity index (χ1v) is 6.22. The van der Waals surface area contributed by atoms with Gasteiger partial charge in [0.05, 0.1) is 12.1 Å².